The molecular formula is C17H23N3O3S2. The number of fused-ring (bicyclic) bond motifs is 1. The molecule has 0 saturated carbocycles. The van der Waals surface area contributed by atoms with Crippen LogP contribution in [0.1, 0.15) is 41.1 Å². The van der Waals surface area contributed by atoms with Crippen molar-refractivity contribution in [2.75, 3.05) is 30.8 Å². The smallest absolute Gasteiger partial charge is 0.341 e. The highest BCUT2D eigenvalue weighted by Gasteiger charge is 2.29. The molecule has 6 nitrogen and oxygen atoms in total. The van der Waals surface area contributed by atoms with Crippen LogP contribution in [0.15, 0.2) is 4.99 Å². The standard InChI is InChI=1S/C17H23N3O3S2/c1-3-23-16(22)14-11-5-4-10(2)8-12(11)25-15(14)20-13(21)9-24-17-18-6-7-19-17/h10H,3-9H2,1-2H3,(H,18,19)(H,20,21). The maximum atomic E-state index is 12.4. The minimum absolute atomic E-state index is 0.126. The van der Waals surface area contributed by atoms with Gasteiger partial charge in [-0.3, -0.25) is 9.79 Å². The van der Waals surface area contributed by atoms with Gasteiger partial charge in [0.25, 0.3) is 0 Å². The number of amidine groups is 1. The number of esters is 1. The number of carbonyl (C=O) groups is 2. The molecule has 2 N–H and O–H groups in total. The lowest BCUT2D eigenvalue weighted by Crippen LogP contribution is -2.21. The molecule has 1 unspecified atom stereocenters. The van der Waals surface area contributed by atoms with E-state index in [4.69, 9.17) is 4.74 Å². The Morgan fingerprint density at radius 1 is 1.48 bits per heavy atom. The van der Waals surface area contributed by atoms with Crippen LogP contribution in [0.25, 0.3) is 0 Å². The summed E-state index contributed by atoms with van der Waals surface area (Å²) in [6.45, 7) is 5.92. The summed E-state index contributed by atoms with van der Waals surface area (Å²) in [5.41, 5.74) is 1.62. The average Bonchev–Trinajstić information content (AvgIpc) is 3.19. The van der Waals surface area contributed by atoms with Gasteiger partial charge in [-0.25, -0.2) is 4.79 Å². The monoisotopic (exact) mass is 381 g/mol. The predicted molar refractivity (Wildman–Crippen MR) is 103 cm³/mol. The van der Waals surface area contributed by atoms with Crippen LogP contribution in [0.4, 0.5) is 5.00 Å². The lowest BCUT2D eigenvalue weighted by molar-refractivity contribution is -0.113. The first-order valence-electron chi connectivity index (χ1n) is 8.61. The first-order valence-corrected chi connectivity index (χ1v) is 10.4. The molecule has 1 aromatic heterocycles. The van der Waals surface area contributed by atoms with Crippen molar-refractivity contribution in [2.45, 2.75) is 33.1 Å². The Kier molecular flexibility index (Phi) is 6.01. The van der Waals surface area contributed by atoms with E-state index in [1.54, 1.807) is 6.92 Å². The lowest BCUT2D eigenvalue weighted by Gasteiger charge is -2.18. The van der Waals surface area contributed by atoms with Crippen molar-refractivity contribution >= 4 is 45.1 Å². The number of ether oxygens (including phenoxy) is 1. The van der Waals surface area contributed by atoms with Crippen molar-refractivity contribution < 1.29 is 14.3 Å². The topological polar surface area (TPSA) is 79.8 Å². The van der Waals surface area contributed by atoms with Crippen molar-refractivity contribution in [3.05, 3.63) is 16.0 Å². The summed E-state index contributed by atoms with van der Waals surface area (Å²) in [6.07, 6.45) is 2.88. The third-order valence-corrected chi connectivity index (χ3v) is 6.35. The lowest BCUT2D eigenvalue weighted by atomic mass is 9.88. The Labute approximate surface area is 155 Å². The van der Waals surface area contributed by atoms with Crippen LogP contribution in [-0.4, -0.2) is 42.5 Å². The largest absolute Gasteiger partial charge is 0.462 e. The van der Waals surface area contributed by atoms with Gasteiger partial charge in [0.05, 0.1) is 24.5 Å². The fraction of sp³-hybridized carbons (Fsp3) is 0.588. The van der Waals surface area contributed by atoms with Gasteiger partial charge in [0.1, 0.15) is 5.00 Å². The number of carbonyl (C=O) groups excluding carboxylic acids is 2. The summed E-state index contributed by atoms with van der Waals surface area (Å²) in [4.78, 5) is 30.2. The summed E-state index contributed by atoms with van der Waals surface area (Å²) in [5.74, 6) is 0.414. The summed E-state index contributed by atoms with van der Waals surface area (Å²) in [7, 11) is 0. The highest BCUT2D eigenvalue weighted by molar-refractivity contribution is 8.14. The molecule has 8 heteroatoms. The molecule has 136 valence electrons. The van der Waals surface area contributed by atoms with Crippen LogP contribution < -0.4 is 10.6 Å². The Morgan fingerprint density at radius 2 is 2.32 bits per heavy atom. The predicted octanol–water partition coefficient (Wildman–Crippen LogP) is 2.68. The first kappa shape index (κ1) is 18.3. The number of anilines is 1. The molecule has 0 aromatic carbocycles. The van der Waals surface area contributed by atoms with Crippen LogP contribution in [0, 0.1) is 5.92 Å². The molecule has 1 aromatic rings. The fourth-order valence-electron chi connectivity index (χ4n) is 3.03. The molecule has 2 aliphatic rings. The minimum Gasteiger partial charge on any atom is -0.462 e. The molecule has 2 heterocycles. The van der Waals surface area contributed by atoms with Gasteiger partial charge < -0.3 is 15.4 Å². The van der Waals surface area contributed by atoms with Crippen molar-refractivity contribution in [2.24, 2.45) is 10.9 Å². The third kappa shape index (κ3) is 4.36. The zero-order chi connectivity index (χ0) is 17.8. The van der Waals surface area contributed by atoms with Gasteiger partial charge >= 0.3 is 5.97 Å². The van der Waals surface area contributed by atoms with E-state index >= 15 is 0 Å². The zero-order valence-electron chi connectivity index (χ0n) is 14.5. The molecule has 0 radical (unpaired) electrons. The van der Waals surface area contributed by atoms with Crippen LogP contribution in [0.2, 0.25) is 0 Å². The van der Waals surface area contributed by atoms with Gasteiger partial charge in [-0.2, -0.15) is 0 Å². The van der Waals surface area contributed by atoms with Crippen LogP contribution in [-0.2, 0) is 22.4 Å². The van der Waals surface area contributed by atoms with E-state index in [-0.39, 0.29) is 17.6 Å². The van der Waals surface area contributed by atoms with Gasteiger partial charge in [0, 0.05) is 11.4 Å². The van der Waals surface area contributed by atoms with Gasteiger partial charge in [-0.15, -0.1) is 11.3 Å². The first-order chi connectivity index (χ1) is 12.1. The molecule has 0 saturated heterocycles. The van der Waals surface area contributed by atoms with Crippen molar-refractivity contribution in [3.8, 4) is 0 Å². The van der Waals surface area contributed by atoms with E-state index < -0.39 is 0 Å². The summed E-state index contributed by atoms with van der Waals surface area (Å²) < 4.78 is 5.22. The second kappa shape index (κ2) is 8.23. The second-order valence-electron chi connectivity index (χ2n) is 6.23. The zero-order valence-corrected chi connectivity index (χ0v) is 16.1. The number of thiophene rings is 1. The number of aliphatic imine (C=N–C) groups is 1. The highest BCUT2D eigenvalue weighted by atomic mass is 32.2. The maximum absolute atomic E-state index is 12.4. The number of nitrogens with one attached hydrogen (secondary N) is 2. The van der Waals surface area contributed by atoms with E-state index in [1.807, 2.05) is 0 Å². The quantitative estimate of drug-likeness (QED) is 0.767. The highest BCUT2D eigenvalue weighted by Crippen LogP contribution is 2.40. The molecule has 25 heavy (non-hydrogen) atoms. The normalized spacial score (nSPS) is 19.0. The second-order valence-corrected chi connectivity index (χ2v) is 8.30. The van der Waals surface area contributed by atoms with E-state index in [0.29, 0.717) is 23.1 Å². The molecule has 1 amide bonds. The average molecular weight is 382 g/mol. The molecule has 1 aliphatic heterocycles. The van der Waals surface area contributed by atoms with E-state index in [9.17, 15) is 9.59 Å². The number of rotatable bonds is 5. The number of hydrogen-bond acceptors (Lipinski definition) is 7. The Balaban J connectivity index is 1.74. The number of amides is 1. The van der Waals surface area contributed by atoms with Crippen LogP contribution in [0.3, 0.4) is 0 Å². The molecule has 0 spiro atoms. The van der Waals surface area contributed by atoms with E-state index in [0.717, 1.165) is 43.1 Å². The Hall–Kier alpha value is -1.54. The van der Waals surface area contributed by atoms with Crippen molar-refractivity contribution in [3.63, 3.8) is 0 Å². The van der Waals surface area contributed by atoms with Crippen molar-refractivity contribution in [1.29, 1.82) is 0 Å². The van der Waals surface area contributed by atoms with Gasteiger partial charge in [-0.1, -0.05) is 18.7 Å². The number of nitrogens with zero attached hydrogens (tertiary/aromatic N) is 1. The van der Waals surface area contributed by atoms with E-state index in [1.165, 1.54) is 28.0 Å². The van der Waals surface area contributed by atoms with Crippen LogP contribution >= 0.6 is 23.1 Å². The maximum Gasteiger partial charge on any atom is 0.341 e. The Morgan fingerprint density at radius 3 is 3.04 bits per heavy atom. The molecular weight excluding hydrogens is 358 g/mol. The summed E-state index contributed by atoms with van der Waals surface area (Å²) >= 11 is 2.90. The van der Waals surface area contributed by atoms with Gasteiger partial charge in [-0.05, 0) is 37.7 Å². The molecule has 3 rings (SSSR count). The molecule has 0 fully saturated rings. The van der Waals surface area contributed by atoms with Crippen molar-refractivity contribution in [1.82, 2.24) is 5.32 Å². The number of hydrogen-bond donors (Lipinski definition) is 2. The minimum atomic E-state index is -0.334. The summed E-state index contributed by atoms with van der Waals surface area (Å²) in [6, 6.07) is 0. The van der Waals surface area contributed by atoms with Gasteiger partial charge in [0.15, 0.2) is 5.17 Å². The molecule has 1 aliphatic carbocycles. The summed E-state index contributed by atoms with van der Waals surface area (Å²) in [5, 5.41) is 7.48. The van der Waals surface area contributed by atoms with Gasteiger partial charge in [0.2, 0.25) is 5.91 Å². The SMILES string of the molecule is CCOC(=O)c1c(NC(=O)CSC2=NCCN2)sc2c1CCC(C)C2. The van der Waals surface area contributed by atoms with Crippen LogP contribution in [0.5, 0.6) is 0 Å². The number of thioether (sulfide) groups is 1. The fourth-order valence-corrected chi connectivity index (χ4v) is 5.17. The third-order valence-electron chi connectivity index (χ3n) is 4.23. The Bertz CT molecular complexity index is 700. The molecule has 0 bridgehead atoms. The van der Waals surface area contributed by atoms with E-state index in [2.05, 4.69) is 22.5 Å². The molecule has 1 atom stereocenters.